The van der Waals surface area contributed by atoms with E-state index in [4.69, 9.17) is 0 Å². The molecule has 0 aliphatic heterocycles. The molecule has 1 nitrogen and oxygen atoms in total. The smallest absolute Gasteiger partial charge is 0.192 e. The molecular formula is C9H18OSSi. The zero-order chi connectivity index (χ0) is 9.41. The Morgan fingerprint density at radius 3 is 2.17 bits per heavy atom. The highest BCUT2D eigenvalue weighted by molar-refractivity contribution is 8.14. The van der Waals surface area contributed by atoms with Crippen molar-refractivity contribution in [1.82, 2.24) is 0 Å². The third-order valence-electron chi connectivity index (χ3n) is 2.85. The van der Waals surface area contributed by atoms with Crippen molar-refractivity contribution >= 4 is 25.0 Å². The van der Waals surface area contributed by atoms with Crippen LogP contribution in [0.5, 0.6) is 0 Å². The van der Waals surface area contributed by atoms with Crippen LogP contribution in [-0.2, 0) is 4.79 Å². The van der Waals surface area contributed by atoms with Crippen molar-refractivity contribution in [2.24, 2.45) is 0 Å². The molecule has 1 fully saturated rings. The first-order valence-corrected chi connectivity index (χ1v) is 9.10. The fourth-order valence-corrected chi connectivity index (χ4v) is 5.77. The van der Waals surface area contributed by atoms with Gasteiger partial charge in [-0.05, 0) is 18.6 Å². The Bertz CT molecular complexity index is 191. The van der Waals surface area contributed by atoms with E-state index in [-0.39, 0.29) is 5.04 Å². The SMILES string of the molecule is CCSC(=O)C1([Si](C)(C)C)CC1. The van der Waals surface area contributed by atoms with Crippen LogP contribution in [-0.4, -0.2) is 18.9 Å². The van der Waals surface area contributed by atoms with Gasteiger partial charge in [-0.1, -0.05) is 38.3 Å². The minimum absolute atomic E-state index is 0.160. The lowest BCUT2D eigenvalue weighted by molar-refractivity contribution is -0.111. The molecule has 12 heavy (non-hydrogen) atoms. The first kappa shape index (κ1) is 10.3. The maximum Gasteiger partial charge on any atom is 0.192 e. The molecular weight excluding hydrogens is 184 g/mol. The lowest BCUT2D eigenvalue weighted by Gasteiger charge is -2.26. The highest BCUT2D eigenvalue weighted by atomic mass is 32.2. The summed E-state index contributed by atoms with van der Waals surface area (Å²) in [7, 11) is -1.24. The van der Waals surface area contributed by atoms with Gasteiger partial charge in [0.05, 0.1) is 8.07 Å². The van der Waals surface area contributed by atoms with Crippen LogP contribution in [0.25, 0.3) is 0 Å². The summed E-state index contributed by atoms with van der Waals surface area (Å²) in [5.41, 5.74) is 0. The molecule has 0 unspecified atom stereocenters. The van der Waals surface area contributed by atoms with Gasteiger partial charge in [-0.2, -0.15) is 0 Å². The van der Waals surface area contributed by atoms with Gasteiger partial charge in [-0.3, -0.25) is 4.79 Å². The van der Waals surface area contributed by atoms with Gasteiger partial charge in [0, 0.05) is 5.04 Å². The Kier molecular flexibility index (Phi) is 2.74. The van der Waals surface area contributed by atoms with Gasteiger partial charge in [-0.25, -0.2) is 0 Å². The van der Waals surface area contributed by atoms with E-state index in [1.54, 1.807) is 0 Å². The normalized spacial score (nSPS) is 20.7. The number of thioether (sulfide) groups is 1. The van der Waals surface area contributed by atoms with Gasteiger partial charge in [0.25, 0.3) is 0 Å². The van der Waals surface area contributed by atoms with Crippen molar-refractivity contribution in [2.45, 2.75) is 44.4 Å². The van der Waals surface area contributed by atoms with Crippen molar-refractivity contribution in [3.63, 3.8) is 0 Å². The fraction of sp³-hybridized carbons (Fsp3) is 0.889. The predicted octanol–water partition coefficient (Wildman–Crippen LogP) is 3.14. The van der Waals surface area contributed by atoms with E-state index >= 15 is 0 Å². The second-order valence-corrected chi connectivity index (χ2v) is 11.2. The lowest BCUT2D eigenvalue weighted by Crippen LogP contribution is -2.34. The number of hydrogen-bond donors (Lipinski definition) is 0. The molecule has 1 rings (SSSR count). The summed E-state index contributed by atoms with van der Waals surface area (Å²) in [4.78, 5) is 11.8. The van der Waals surface area contributed by atoms with Gasteiger partial charge in [0.15, 0.2) is 5.12 Å². The highest BCUT2D eigenvalue weighted by Gasteiger charge is 2.58. The minimum Gasteiger partial charge on any atom is -0.287 e. The molecule has 0 aromatic rings. The standard InChI is InChI=1S/C9H18OSSi/c1-5-11-8(10)9(6-7-9)12(2,3)4/h5-7H2,1-4H3. The molecule has 0 radical (unpaired) electrons. The first-order chi connectivity index (χ1) is 5.44. The van der Waals surface area contributed by atoms with E-state index in [2.05, 4.69) is 26.6 Å². The molecule has 0 bridgehead atoms. The van der Waals surface area contributed by atoms with Crippen LogP contribution in [0.3, 0.4) is 0 Å². The molecule has 0 atom stereocenters. The number of hydrogen-bond acceptors (Lipinski definition) is 2. The van der Waals surface area contributed by atoms with Crippen LogP contribution in [0.2, 0.25) is 24.7 Å². The summed E-state index contributed by atoms with van der Waals surface area (Å²) < 4.78 is 0. The summed E-state index contributed by atoms with van der Waals surface area (Å²) in [5.74, 6) is 0.936. The Morgan fingerprint density at radius 2 is 1.92 bits per heavy atom. The fourth-order valence-electron chi connectivity index (χ4n) is 1.65. The Labute approximate surface area is 80.3 Å². The average molecular weight is 202 g/mol. The molecule has 1 aliphatic rings. The monoisotopic (exact) mass is 202 g/mol. The molecule has 0 amide bonds. The molecule has 0 N–H and O–H groups in total. The molecule has 0 aromatic carbocycles. The Morgan fingerprint density at radius 1 is 1.42 bits per heavy atom. The third-order valence-corrected chi connectivity index (χ3v) is 7.57. The summed E-state index contributed by atoms with van der Waals surface area (Å²) in [5, 5.41) is 0.636. The summed E-state index contributed by atoms with van der Waals surface area (Å²) in [6, 6.07) is 0. The van der Waals surface area contributed by atoms with Crippen LogP contribution in [0.1, 0.15) is 19.8 Å². The van der Waals surface area contributed by atoms with E-state index in [9.17, 15) is 4.79 Å². The van der Waals surface area contributed by atoms with Gasteiger partial charge in [0.2, 0.25) is 0 Å². The van der Waals surface area contributed by atoms with Gasteiger partial charge in [0.1, 0.15) is 0 Å². The van der Waals surface area contributed by atoms with Crippen LogP contribution in [0.4, 0.5) is 0 Å². The Balaban J connectivity index is 2.67. The van der Waals surface area contributed by atoms with E-state index in [0.717, 1.165) is 18.6 Å². The van der Waals surface area contributed by atoms with Crippen molar-refractivity contribution in [3.8, 4) is 0 Å². The molecule has 70 valence electrons. The maximum atomic E-state index is 11.8. The van der Waals surface area contributed by atoms with Crippen LogP contribution in [0.15, 0.2) is 0 Å². The van der Waals surface area contributed by atoms with E-state index in [1.807, 2.05) is 0 Å². The van der Waals surface area contributed by atoms with Gasteiger partial charge >= 0.3 is 0 Å². The molecule has 0 spiro atoms. The lowest BCUT2D eigenvalue weighted by atomic mass is 10.5. The summed E-state index contributed by atoms with van der Waals surface area (Å²) in [6.45, 7) is 9.00. The van der Waals surface area contributed by atoms with Gasteiger partial charge < -0.3 is 0 Å². The summed E-state index contributed by atoms with van der Waals surface area (Å²) in [6.07, 6.45) is 2.32. The first-order valence-electron chi connectivity index (χ1n) is 4.61. The summed E-state index contributed by atoms with van der Waals surface area (Å²) >= 11 is 1.52. The topological polar surface area (TPSA) is 17.1 Å². The average Bonchev–Trinajstić information content (AvgIpc) is 2.63. The zero-order valence-electron chi connectivity index (χ0n) is 8.44. The second kappa shape index (κ2) is 3.18. The quantitative estimate of drug-likeness (QED) is 0.654. The molecule has 1 aliphatic carbocycles. The van der Waals surface area contributed by atoms with Crippen LogP contribution in [0, 0.1) is 0 Å². The zero-order valence-corrected chi connectivity index (χ0v) is 10.3. The van der Waals surface area contributed by atoms with Crippen molar-refractivity contribution < 1.29 is 4.79 Å². The molecule has 0 aromatic heterocycles. The second-order valence-electron chi connectivity index (χ2n) is 4.55. The van der Waals surface area contributed by atoms with Crippen LogP contribution < -0.4 is 0 Å². The minimum atomic E-state index is -1.24. The van der Waals surface area contributed by atoms with E-state index in [0.29, 0.717) is 5.12 Å². The molecule has 1 saturated carbocycles. The van der Waals surface area contributed by atoms with Crippen molar-refractivity contribution in [1.29, 1.82) is 0 Å². The van der Waals surface area contributed by atoms with E-state index < -0.39 is 8.07 Å². The largest absolute Gasteiger partial charge is 0.287 e. The van der Waals surface area contributed by atoms with Crippen molar-refractivity contribution in [2.75, 3.05) is 5.75 Å². The highest BCUT2D eigenvalue weighted by Crippen LogP contribution is 2.63. The Hall–Kier alpha value is 0.237. The number of carbonyl (C=O) groups excluding carboxylic acids is 1. The number of rotatable bonds is 3. The molecule has 3 heteroatoms. The third kappa shape index (κ3) is 1.62. The van der Waals surface area contributed by atoms with Crippen molar-refractivity contribution in [3.05, 3.63) is 0 Å². The maximum absolute atomic E-state index is 11.8. The van der Waals surface area contributed by atoms with Gasteiger partial charge in [-0.15, -0.1) is 0 Å². The molecule has 0 heterocycles. The molecule has 0 saturated heterocycles. The van der Waals surface area contributed by atoms with Crippen LogP contribution >= 0.6 is 11.8 Å². The predicted molar refractivity (Wildman–Crippen MR) is 58.4 cm³/mol. The van der Waals surface area contributed by atoms with E-state index in [1.165, 1.54) is 11.8 Å². The number of carbonyl (C=O) groups is 1.